The highest BCUT2D eigenvalue weighted by molar-refractivity contribution is 7.09. The number of aryl methyl sites for hydroxylation is 1. The van der Waals surface area contributed by atoms with E-state index in [1.807, 2.05) is 19.2 Å². The molecular weight excluding hydrogens is 146 g/mol. The lowest BCUT2D eigenvalue weighted by atomic mass is 10.5. The number of hydrogen-bond donors (Lipinski definition) is 0. The fourth-order valence-corrected chi connectivity index (χ4v) is 1.28. The molecule has 1 rings (SSSR count). The maximum Gasteiger partial charge on any atom is 0.0898 e. The average molecular weight is 157 g/mol. The molecule has 0 saturated heterocycles. The monoisotopic (exact) mass is 157 g/mol. The van der Waals surface area contributed by atoms with Crippen molar-refractivity contribution in [1.29, 1.82) is 0 Å². The Morgan fingerprint density at radius 2 is 2.50 bits per heavy atom. The van der Waals surface area contributed by atoms with Gasteiger partial charge in [-0.05, 0) is 13.8 Å². The van der Waals surface area contributed by atoms with Crippen LogP contribution in [-0.2, 0) is 11.3 Å². The Kier molecular flexibility index (Phi) is 2.83. The van der Waals surface area contributed by atoms with Crippen molar-refractivity contribution >= 4 is 11.3 Å². The molecule has 1 aromatic rings. The highest BCUT2D eigenvalue weighted by Crippen LogP contribution is 2.08. The standard InChI is InChI=1S/C7H11NOS/c1-3-9-4-7-5-10-6(2)8-7/h5H,3-4H2,1-2H3. The number of nitrogens with zero attached hydrogens (tertiary/aromatic N) is 1. The summed E-state index contributed by atoms with van der Waals surface area (Å²) in [5.74, 6) is 0. The third kappa shape index (κ3) is 2.08. The highest BCUT2D eigenvalue weighted by Gasteiger charge is 1.95. The molecule has 0 saturated carbocycles. The maximum atomic E-state index is 5.18. The second-order valence-corrected chi connectivity index (χ2v) is 3.06. The highest BCUT2D eigenvalue weighted by atomic mass is 32.1. The van der Waals surface area contributed by atoms with Crippen LogP contribution < -0.4 is 0 Å². The molecule has 0 unspecified atom stereocenters. The van der Waals surface area contributed by atoms with Gasteiger partial charge >= 0.3 is 0 Å². The number of ether oxygens (including phenoxy) is 1. The molecule has 1 heterocycles. The fraction of sp³-hybridized carbons (Fsp3) is 0.571. The minimum absolute atomic E-state index is 0.654. The minimum Gasteiger partial charge on any atom is -0.375 e. The molecule has 2 nitrogen and oxygen atoms in total. The van der Waals surface area contributed by atoms with Crippen LogP contribution in [0.15, 0.2) is 5.38 Å². The van der Waals surface area contributed by atoms with Gasteiger partial charge in [0, 0.05) is 12.0 Å². The van der Waals surface area contributed by atoms with Crippen LogP contribution in [0, 0.1) is 6.92 Å². The van der Waals surface area contributed by atoms with Crippen molar-refractivity contribution in [2.24, 2.45) is 0 Å². The van der Waals surface area contributed by atoms with Gasteiger partial charge < -0.3 is 4.74 Å². The zero-order valence-electron chi connectivity index (χ0n) is 6.26. The average Bonchev–Trinajstić information content (AvgIpc) is 2.31. The molecule has 0 aromatic carbocycles. The van der Waals surface area contributed by atoms with Gasteiger partial charge in [0.1, 0.15) is 0 Å². The van der Waals surface area contributed by atoms with Gasteiger partial charge in [-0.3, -0.25) is 0 Å². The molecular formula is C7H11NOS. The normalized spacial score (nSPS) is 10.2. The molecule has 0 spiro atoms. The Morgan fingerprint density at radius 3 is 3.00 bits per heavy atom. The molecule has 1 aromatic heterocycles. The van der Waals surface area contributed by atoms with E-state index >= 15 is 0 Å². The number of aromatic nitrogens is 1. The zero-order chi connectivity index (χ0) is 7.40. The summed E-state index contributed by atoms with van der Waals surface area (Å²) in [5.41, 5.74) is 1.05. The van der Waals surface area contributed by atoms with Gasteiger partial charge in [0.15, 0.2) is 0 Å². The first-order valence-electron chi connectivity index (χ1n) is 3.31. The van der Waals surface area contributed by atoms with Gasteiger partial charge in [-0.1, -0.05) is 0 Å². The Morgan fingerprint density at radius 1 is 1.70 bits per heavy atom. The van der Waals surface area contributed by atoms with E-state index in [0.717, 1.165) is 17.3 Å². The van der Waals surface area contributed by atoms with E-state index in [-0.39, 0.29) is 0 Å². The molecule has 0 N–H and O–H groups in total. The third-order valence-electron chi connectivity index (χ3n) is 1.12. The van der Waals surface area contributed by atoms with E-state index in [9.17, 15) is 0 Å². The molecule has 0 aliphatic heterocycles. The van der Waals surface area contributed by atoms with Crippen molar-refractivity contribution in [3.8, 4) is 0 Å². The predicted molar refractivity (Wildman–Crippen MR) is 42.2 cm³/mol. The molecule has 0 aliphatic rings. The van der Waals surface area contributed by atoms with Crippen LogP contribution in [0.4, 0.5) is 0 Å². The first-order chi connectivity index (χ1) is 4.83. The number of rotatable bonds is 3. The molecule has 0 bridgehead atoms. The lowest BCUT2D eigenvalue weighted by Crippen LogP contribution is -1.91. The number of thiazole rings is 1. The maximum absolute atomic E-state index is 5.18. The zero-order valence-corrected chi connectivity index (χ0v) is 7.07. The van der Waals surface area contributed by atoms with Gasteiger partial charge in [0.05, 0.1) is 17.3 Å². The Balaban J connectivity index is 2.42. The second kappa shape index (κ2) is 3.68. The van der Waals surface area contributed by atoms with E-state index in [1.54, 1.807) is 11.3 Å². The molecule has 0 radical (unpaired) electrons. The van der Waals surface area contributed by atoms with Gasteiger partial charge in [0.2, 0.25) is 0 Å². The Labute approximate surface area is 64.9 Å². The fourth-order valence-electron chi connectivity index (χ4n) is 0.681. The van der Waals surface area contributed by atoms with E-state index < -0.39 is 0 Å². The van der Waals surface area contributed by atoms with Crippen molar-refractivity contribution < 1.29 is 4.74 Å². The van der Waals surface area contributed by atoms with Crippen molar-refractivity contribution in [2.45, 2.75) is 20.5 Å². The summed E-state index contributed by atoms with van der Waals surface area (Å²) in [6, 6.07) is 0. The largest absolute Gasteiger partial charge is 0.375 e. The van der Waals surface area contributed by atoms with Gasteiger partial charge in [-0.15, -0.1) is 11.3 Å². The number of hydrogen-bond acceptors (Lipinski definition) is 3. The first kappa shape index (κ1) is 7.69. The van der Waals surface area contributed by atoms with E-state index in [2.05, 4.69) is 4.98 Å². The molecule has 0 amide bonds. The van der Waals surface area contributed by atoms with E-state index in [1.165, 1.54) is 0 Å². The summed E-state index contributed by atoms with van der Waals surface area (Å²) in [4.78, 5) is 4.24. The molecule has 0 atom stereocenters. The van der Waals surface area contributed by atoms with Crippen LogP contribution in [0.1, 0.15) is 17.6 Å². The topological polar surface area (TPSA) is 22.1 Å². The van der Waals surface area contributed by atoms with Gasteiger partial charge in [0.25, 0.3) is 0 Å². The Hall–Kier alpha value is -0.410. The lowest BCUT2D eigenvalue weighted by molar-refractivity contribution is 0.131. The second-order valence-electron chi connectivity index (χ2n) is 1.99. The smallest absolute Gasteiger partial charge is 0.0898 e. The van der Waals surface area contributed by atoms with Crippen molar-refractivity contribution in [1.82, 2.24) is 4.98 Å². The van der Waals surface area contributed by atoms with Crippen LogP contribution in [0.5, 0.6) is 0 Å². The van der Waals surface area contributed by atoms with Crippen LogP contribution in [0.25, 0.3) is 0 Å². The van der Waals surface area contributed by atoms with Crippen molar-refractivity contribution in [3.63, 3.8) is 0 Å². The van der Waals surface area contributed by atoms with Crippen molar-refractivity contribution in [2.75, 3.05) is 6.61 Å². The van der Waals surface area contributed by atoms with Crippen molar-refractivity contribution in [3.05, 3.63) is 16.1 Å². The van der Waals surface area contributed by atoms with Crippen LogP contribution in [-0.4, -0.2) is 11.6 Å². The van der Waals surface area contributed by atoms with Crippen LogP contribution in [0.3, 0.4) is 0 Å². The molecule has 3 heteroatoms. The SMILES string of the molecule is CCOCc1csc(C)n1. The molecule has 0 fully saturated rings. The lowest BCUT2D eigenvalue weighted by Gasteiger charge is -1.94. The minimum atomic E-state index is 0.654. The summed E-state index contributed by atoms with van der Waals surface area (Å²) >= 11 is 1.66. The first-order valence-corrected chi connectivity index (χ1v) is 4.19. The quantitative estimate of drug-likeness (QED) is 0.669. The summed E-state index contributed by atoms with van der Waals surface area (Å²) < 4.78 is 5.18. The summed E-state index contributed by atoms with van der Waals surface area (Å²) in [6.45, 7) is 5.40. The van der Waals surface area contributed by atoms with Crippen LogP contribution >= 0.6 is 11.3 Å². The summed E-state index contributed by atoms with van der Waals surface area (Å²) in [7, 11) is 0. The summed E-state index contributed by atoms with van der Waals surface area (Å²) in [5, 5.41) is 3.14. The van der Waals surface area contributed by atoms with E-state index in [4.69, 9.17) is 4.74 Å². The summed E-state index contributed by atoms with van der Waals surface area (Å²) in [6.07, 6.45) is 0. The molecule has 56 valence electrons. The van der Waals surface area contributed by atoms with Gasteiger partial charge in [-0.2, -0.15) is 0 Å². The predicted octanol–water partition coefficient (Wildman–Crippen LogP) is 1.99. The Bertz CT molecular complexity index is 197. The third-order valence-corrected chi connectivity index (χ3v) is 1.94. The van der Waals surface area contributed by atoms with Crippen LogP contribution in [0.2, 0.25) is 0 Å². The van der Waals surface area contributed by atoms with E-state index in [0.29, 0.717) is 6.61 Å². The molecule has 0 aliphatic carbocycles. The van der Waals surface area contributed by atoms with Gasteiger partial charge in [-0.25, -0.2) is 4.98 Å². The molecule has 10 heavy (non-hydrogen) atoms.